The minimum atomic E-state index is -0.581. The molecular formula is C28H36N2O6. The van der Waals surface area contributed by atoms with E-state index in [0.717, 1.165) is 29.7 Å². The number of carbonyl (C=O) groups excluding carboxylic acids is 3. The highest BCUT2D eigenvalue weighted by molar-refractivity contribution is 5.84. The van der Waals surface area contributed by atoms with Crippen LogP contribution in [-0.4, -0.2) is 56.6 Å². The molecule has 0 radical (unpaired) electrons. The maximum atomic E-state index is 13.2. The molecule has 1 N–H and O–H groups in total. The Labute approximate surface area is 212 Å². The summed E-state index contributed by atoms with van der Waals surface area (Å²) in [5.41, 5.74) is 1.84. The number of para-hydroxylation sites is 1. The lowest BCUT2D eigenvalue weighted by atomic mass is 9.83. The molecule has 1 heterocycles. The topological polar surface area (TPSA) is 94.2 Å². The fourth-order valence-corrected chi connectivity index (χ4v) is 4.52. The predicted molar refractivity (Wildman–Crippen MR) is 136 cm³/mol. The van der Waals surface area contributed by atoms with Gasteiger partial charge < -0.3 is 24.4 Å². The molecule has 2 unspecified atom stereocenters. The summed E-state index contributed by atoms with van der Waals surface area (Å²) < 4.78 is 16.1. The molecule has 8 nitrogen and oxygen atoms in total. The molecule has 2 aromatic rings. The summed E-state index contributed by atoms with van der Waals surface area (Å²) in [6.45, 7) is 2.67. The molecule has 0 saturated carbocycles. The first-order chi connectivity index (χ1) is 17.5. The highest BCUT2D eigenvalue weighted by Crippen LogP contribution is 2.41. The van der Waals surface area contributed by atoms with Gasteiger partial charge in [0, 0.05) is 25.1 Å². The maximum Gasteiger partial charge on any atom is 0.311 e. The van der Waals surface area contributed by atoms with Gasteiger partial charge in [0.25, 0.3) is 5.91 Å². The summed E-state index contributed by atoms with van der Waals surface area (Å²) in [5, 5.41) is 2.79. The van der Waals surface area contributed by atoms with E-state index in [1.54, 1.807) is 19.1 Å². The van der Waals surface area contributed by atoms with Crippen molar-refractivity contribution in [3.8, 4) is 11.5 Å². The van der Waals surface area contributed by atoms with Gasteiger partial charge in [-0.25, -0.2) is 0 Å². The van der Waals surface area contributed by atoms with Crippen LogP contribution in [0.1, 0.15) is 49.8 Å². The first-order valence-electron chi connectivity index (χ1n) is 12.5. The van der Waals surface area contributed by atoms with Gasteiger partial charge in [-0.15, -0.1) is 0 Å². The minimum absolute atomic E-state index is 0.0136. The number of hydrogen-bond donors (Lipinski definition) is 1. The Kier molecular flexibility index (Phi) is 10.2. The van der Waals surface area contributed by atoms with Crippen molar-refractivity contribution < 1.29 is 28.6 Å². The van der Waals surface area contributed by atoms with Gasteiger partial charge in [0.1, 0.15) is 11.5 Å². The van der Waals surface area contributed by atoms with Gasteiger partial charge in [-0.2, -0.15) is 0 Å². The number of unbranched alkanes of at least 4 members (excludes halogenated alkanes) is 1. The van der Waals surface area contributed by atoms with Crippen molar-refractivity contribution in [3.63, 3.8) is 0 Å². The number of piperidine rings is 1. The average Bonchev–Trinajstić information content (AvgIpc) is 2.91. The lowest BCUT2D eigenvalue weighted by Crippen LogP contribution is -2.46. The van der Waals surface area contributed by atoms with E-state index in [1.807, 2.05) is 48.5 Å². The van der Waals surface area contributed by atoms with Gasteiger partial charge in [0.05, 0.1) is 26.2 Å². The Morgan fingerprint density at radius 3 is 2.50 bits per heavy atom. The summed E-state index contributed by atoms with van der Waals surface area (Å²) in [6.07, 6.45) is 3.03. The summed E-state index contributed by atoms with van der Waals surface area (Å²) in [4.78, 5) is 40.1. The summed E-state index contributed by atoms with van der Waals surface area (Å²) >= 11 is 0. The van der Waals surface area contributed by atoms with Crippen LogP contribution in [0.15, 0.2) is 48.5 Å². The number of likely N-dealkylation sites (tertiary alicyclic amines) is 1. The third-order valence-electron chi connectivity index (χ3n) is 6.46. The van der Waals surface area contributed by atoms with Gasteiger partial charge in [-0.1, -0.05) is 43.7 Å². The number of hydrogen-bond acceptors (Lipinski definition) is 6. The standard InChI is InChI=1S/C28H36N2O6/c1-4-5-18-30-26(32)15-14-23(27(30)22-8-6-7-9-24(22)35-3)28(33)36-19-25(31)29-17-16-20-10-12-21(34-2)13-11-20/h6-13,23,27H,4-5,14-19H2,1-3H3,(H,29,31). The number of carbonyl (C=O) groups is 3. The molecule has 0 aliphatic carbocycles. The van der Waals surface area contributed by atoms with E-state index in [2.05, 4.69) is 12.2 Å². The first kappa shape index (κ1) is 27.0. The van der Waals surface area contributed by atoms with Crippen molar-refractivity contribution in [1.82, 2.24) is 10.2 Å². The Bertz CT molecular complexity index is 1020. The molecule has 2 atom stereocenters. The monoisotopic (exact) mass is 496 g/mol. The Morgan fingerprint density at radius 2 is 1.81 bits per heavy atom. The second kappa shape index (κ2) is 13.5. The van der Waals surface area contributed by atoms with Gasteiger partial charge in [-0.05, 0) is 43.0 Å². The summed E-state index contributed by atoms with van der Waals surface area (Å²) in [6, 6.07) is 14.6. The molecule has 0 aromatic heterocycles. The number of rotatable bonds is 12. The van der Waals surface area contributed by atoms with Crippen LogP contribution >= 0.6 is 0 Å². The van der Waals surface area contributed by atoms with Crippen LogP contribution in [0.5, 0.6) is 11.5 Å². The maximum absolute atomic E-state index is 13.2. The van der Waals surface area contributed by atoms with Crippen molar-refractivity contribution >= 4 is 17.8 Å². The van der Waals surface area contributed by atoms with E-state index >= 15 is 0 Å². The van der Waals surface area contributed by atoms with Crippen LogP contribution in [0.4, 0.5) is 0 Å². The molecule has 1 fully saturated rings. The third-order valence-corrected chi connectivity index (χ3v) is 6.46. The molecule has 8 heteroatoms. The molecule has 194 valence electrons. The highest BCUT2D eigenvalue weighted by Gasteiger charge is 2.42. The number of nitrogens with one attached hydrogen (secondary N) is 1. The molecule has 1 aliphatic rings. The molecule has 0 spiro atoms. The predicted octanol–water partition coefficient (Wildman–Crippen LogP) is 3.69. The van der Waals surface area contributed by atoms with E-state index < -0.39 is 17.9 Å². The van der Waals surface area contributed by atoms with Crippen LogP contribution in [0.25, 0.3) is 0 Å². The van der Waals surface area contributed by atoms with Crippen molar-refractivity contribution in [1.29, 1.82) is 0 Å². The summed E-state index contributed by atoms with van der Waals surface area (Å²) in [7, 11) is 3.19. The number of esters is 1. The molecule has 2 aromatic carbocycles. The van der Waals surface area contributed by atoms with E-state index in [1.165, 1.54) is 0 Å². The number of ether oxygens (including phenoxy) is 3. The first-order valence-corrected chi connectivity index (χ1v) is 12.5. The zero-order valence-electron chi connectivity index (χ0n) is 21.3. The zero-order chi connectivity index (χ0) is 25.9. The van der Waals surface area contributed by atoms with E-state index in [4.69, 9.17) is 14.2 Å². The molecule has 0 bridgehead atoms. The second-order valence-electron chi connectivity index (χ2n) is 8.83. The number of nitrogens with zero attached hydrogens (tertiary/aromatic N) is 1. The van der Waals surface area contributed by atoms with Crippen LogP contribution in [0.2, 0.25) is 0 Å². The van der Waals surface area contributed by atoms with E-state index in [0.29, 0.717) is 31.7 Å². The largest absolute Gasteiger partial charge is 0.497 e. The van der Waals surface area contributed by atoms with Crippen molar-refractivity contribution in [2.24, 2.45) is 5.92 Å². The molecule has 2 amide bonds. The van der Waals surface area contributed by atoms with Crippen LogP contribution in [0, 0.1) is 5.92 Å². The quantitative estimate of drug-likeness (QED) is 0.451. The SMILES string of the molecule is CCCCN1C(=O)CCC(C(=O)OCC(=O)NCCc2ccc(OC)cc2)C1c1ccccc1OC. The molecular weight excluding hydrogens is 460 g/mol. The van der Waals surface area contributed by atoms with Gasteiger partial charge >= 0.3 is 5.97 Å². The third kappa shape index (κ3) is 6.99. The number of amides is 2. The zero-order valence-corrected chi connectivity index (χ0v) is 21.3. The lowest BCUT2D eigenvalue weighted by molar-refractivity contribution is -0.160. The Hall–Kier alpha value is -3.55. The minimum Gasteiger partial charge on any atom is -0.497 e. The highest BCUT2D eigenvalue weighted by atomic mass is 16.5. The lowest BCUT2D eigenvalue weighted by Gasteiger charge is -2.40. The molecule has 36 heavy (non-hydrogen) atoms. The van der Waals surface area contributed by atoms with Crippen LogP contribution in [0.3, 0.4) is 0 Å². The molecule has 1 aliphatic heterocycles. The van der Waals surface area contributed by atoms with Crippen molar-refractivity contribution in [2.45, 2.75) is 45.1 Å². The Morgan fingerprint density at radius 1 is 1.06 bits per heavy atom. The Balaban J connectivity index is 1.62. The normalized spacial score (nSPS) is 17.4. The van der Waals surface area contributed by atoms with E-state index in [9.17, 15) is 14.4 Å². The van der Waals surface area contributed by atoms with Crippen LogP contribution in [-0.2, 0) is 25.5 Å². The average molecular weight is 497 g/mol. The van der Waals surface area contributed by atoms with Gasteiger partial charge in [0.2, 0.25) is 5.91 Å². The second-order valence-corrected chi connectivity index (χ2v) is 8.83. The fraction of sp³-hybridized carbons (Fsp3) is 0.464. The molecule has 3 rings (SSSR count). The van der Waals surface area contributed by atoms with Crippen LogP contribution < -0.4 is 14.8 Å². The van der Waals surface area contributed by atoms with Crippen molar-refractivity contribution in [2.75, 3.05) is 33.9 Å². The van der Waals surface area contributed by atoms with Gasteiger partial charge in [-0.3, -0.25) is 14.4 Å². The van der Waals surface area contributed by atoms with Crippen molar-refractivity contribution in [3.05, 3.63) is 59.7 Å². The summed E-state index contributed by atoms with van der Waals surface area (Å²) in [5.74, 6) is -0.0140. The molecule has 1 saturated heterocycles. The fourth-order valence-electron chi connectivity index (χ4n) is 4.52. The smallest absolute Gasteiger partial charge is 0.311 e. The van der Waals surface area contributed by atoms with Gasteiger partial charge in [0.15, 0.2) is 6.61 Å². The van der Waals surface area contributed by atoms with E-state index in [-0.39, 0.29) is 24.8 Å². The number of benzene rings is 2. The number of methoxy groups -OCH3 is 2.